The fourth-order valence-electron chi connectivity index (χ4n) is 4.15. The summed E-state index contributed by atoms with van der Waals surface area (Å²) in [5, 5.41) is 9.32. The first kappa shape index (κ1) is 26.2. The van der Waals surface area contributed by atoms with Gasteiger partial charge in [-0.1, -0.05) is 6.42 Å². The van der Waals surface area contributed by atoms with Crippen molar-refractivity contribution in [2.45, 2.75) is 58.0 Å². The Morgan fingerprint density at radius 2 is 1.97 bits per heavy atom. The van der Waals surface area contributed by atoms with Crippen molar-refractivity contribution in [2.75, 3.05) is 36.5 Å². The van der Waals surface area contributed by atoms with Crippen molar-refractivity contribution in [3.8, 4) is 0 Å². The number of carbonyl (C=O) groups excluding carboxylic acids is 1. The number of rotatable bonds is 6. The van der Waals surface area contributed by atoms with Gasteiger partial charge in [-0.25, -0.2) is 9.37 Å². The summed E-state index contributed by atoms with van der Waals surface area (Å²) >= 11 is 3.45. The van der Waals surface area contributed by atoms with Gasteiger partial charge in [0.25, 0.3) is 0 Å². The Kier molecular flexibility index (Phi) is 9.46. The molecule has 8 nitrogen and oxygen atoms in total. The Bertz CT molecular complexity index is 968. The fourth-order valence-corrected chi connectivity index (χ4v) is 4.46. The highest BCUT2D eigenvalue weighted by Gasteiger charge is 2.33. The maximum atomic E-state index is 13.6. The highest BCUT2D eigenvalue weighted by Crippen LogP contribution is 2.31. The van der Waals surface area contributed by atoms with Gasteiger partial charge in [0, 0.05) is 24.0 Å². The number of nitrogens with zero attached hydrogens (tertiary/aromatic N) is 3. The summed E-state index contributed by atoms with van der Waals surface area (Å²) in [7, 11) is 2.17. The minimum atomic E-state index is -0.509. The number of hydrogen-bond donors (Lipinski definition) is 4. The number of halogens is 2. The van der Waals surface area contributed by atoms with E-state index in [-0.39, 0.29) is 29.6 Å². The Hall–Kier alpha value is -2.46. The molecule has 2 atom stereocenters. The number of nitrogens with two attached hydrogens (primary N) is 1. The van der Waals surface area contributed by atoms with Gasteiger partial charge in [0.05, 0.1) is 16.1 Å². The number of nitrogens with one attached hydrogen (secondary N) is 3. The number of aromatic nitrogens is 2. The third-order valence-electron chi connectivity index (χ3n) is 5.94. The quantitative estimate of drug-likeness (QED) is 0.402. The van der Waals surface area contributed by atoms with Gasteiger partial charge in [0.15, 0.2) is 0 Å². The highest BCUT2D eigenvalue weighted by atomic mass is 79.9. The number of anilines is 4. The van der Waals surface area contributed by atoms with Crippen LogP contribution in [0.4, 0.5) is 27.5 Å². The third kappa shape index (κ3) is 7.53. The molecule has 1 aromatic heterocycles. The SMILES string of the molecule is CC(C)NC(=O)[C@H]1CCC[C@H]1Nc1nc(Nc2ccc(N)c(F)c2)ncc1Br.CN1CCCC1. The molecule has 4 rings (SSSR count). The Labute approximate surface area is 209 Å². The maximum absolute atomic E-state index is 13.6. The predicted molar refractivity (Wildman–Crippen MR) is 139 cm³/mol. The van der Waals surface area contributed by atoms with Crippen LogP contribution in [0, 0.1) is 11.7 Å². The van der Waals surface area contributed by atoms with Gasteiger partial charge in [0.1, 0.15) is 11.6 Å². The lowest BCUT2D eigenvalue weighted by molar-refractivity contribution is -0.125. The smallest absolute Gasteiger partial charge is 0.229 e. The van der Waals surface area contributed by atoms with Crippen molar-refractivity contribution >= 4 is 45.0 Å². The number of nitrogen functional groups attached to an aromatic ring is 1. The summed E-state index contributed by atoms with van der Waals surface area (Å²) in [5.74, 6) is 0.349. The van der Waals surface area contributed by atoms with Crippen molar-refractivity contribution in [1.29, 1.82) is 0 Å². The molecule has 1 saturated heterocycles. The molecule has 1 amide bonds. The molecule has 10 heteroatoms. The number of benzene rings is 1. The molecule has 1 aromatic carbocycles. The summed E-state index contributed by atoms with van der Waals surface area (Å²) in [6.45, 7) is 6.54. The molecule has 5 N–H and O–H groups in total. The Balaban J connectivity index is 0.000000469. The maximum Gasteiger partial charge on any atom is 0.229 e. The molecule has 0 radical (unpaired) electrons. The monoisotopic (exact) mass is 535 g/mol. The van der Waals surface area contributed by atoms with E-state index < -0.39 is 5.82 Å². The molecule has 2 fully saturated rings. The molecule has 2 aromatic rings. The van der Waals surface area contributed by atoms with Gasteiger partial charge in [-0.3, -0.25) is 4.79 Å². The van der Waals surface area contributed by atoms with Gasteiger partial charge in [-0.15, -0.1) is 0 Å². The number of hydrogen-bond acceptors (Lipinski definition) is 7. The third-order valence-corrected chi connectivity index (χ3v) is 6.52. The van der Waals surface area contributed by atoms with Crippen LogP contribution in [-0.2, 0) is 4.79 Å². The number of likely N-dealkylation sites (tertiary alicyclic amines) is 1. The largest absolute Gasteiger partial charge is 0.396 e. The summed E-state index contributed by atoms with van der Waals surface area (Å²) in [6.07, 6.45) is 7.15. The first-order valence-electron chi connectivity index (χ1n) is 11.8. The van der Waals surface area contributed by atoms with Crippen LogP contribution in [0.15, 0.2) is 28.9 Å². The second-order valence-corrected chi connectivity index (χ2v) is 10.1. The van der Waals surface area contributed by atoms with E-state index in [0.717, 1.165) is 19.3 Å². The van der Waals surface area contributed by atoms with Gasteiger partial charge >= 0.3 is 0 Å². The molecule has 1 aliphatic heterocycles. The van der Waals surface area contributed by atoms with Crippen molar-refractivity contribution in [3.63, 3.8) is 0 Å². The second-order valence-electron chi connectivity index (χ2n) is 9.21. The summed E-state index contributed by atoms with van der Waals surface area (Å²) in [4.78, 5) is 23.5. The zero-order valence-electron chi connectivity index (χ0n) is 20.1. The van der Waals surface area contributed by atoms with Crippen LogP contribution in [0.3, 0.4) is 0 Å². The van der Waals surface area contributed by atoms with Crippen molar-refractivity contribution in [3.05, 3.63) is 34.7 Å². The van der Waals surface area contributed by atoms with E-state index in [2.05, 4.69) is 53.8 Å². The molecule has 2 aliphatic rings. The molecular formula is C24H35BrFN7O. The van der Waals surface area contributed by atoms with E-state index in [9.17, 15) is 9.18 Å². The lowest BCUT2D eigenvalue weighted by atomic mass is 10.0. The van der Waals surface area contributed by atoms with Crippen molar-refractivity contribution in [2.24, 2.45) is 5.92 Å². The molecule has 2 heterocycles. The molecule has 0 unspecified atom stereocenters. The van der Waals surface area contributed by atoms with Gasteiger partial charge < -0.3 is 26.6 Å². The summed E-state index contributed by atoms with van der Waals surface area (Å²) in [6, 6.07) is 4.52. The number of carbonyl (C=O) groups is 1. The second kappa shape index (κ2) is 12.3. The Morgan fingerprint density at radius 1 is 1.24 bits per heavy atom. The van der Waals surface area contributed by atoms with Gasteiger partial charge in [-0.2, -0.15) is 4.98 Å². The summed E-state index contributed by atoms with van der Waals surface area (Å²) in [5.41, 5.74) is 6.08. The lowest BCUT2D eigenvalue weighted by Gasteiger charge is -2.22. The molecular weight excluding hydrogens is 501 g/mol. The van der Waals surface area contributed by atoms with Gasteiger partial charge in [-0.05, 0) is 93.8 Å². The van der Waals surface area contributed by atoms with Crippen LogP contribution >= 0.6 is 15.9 Å². The Morgan fingerprint density at radius 3 is 2.59 bits per heavy atom. The van der Waals surface area contributed by atoms with Gasteiger partial charge in [0.2, 0.25) is 11.9 Å². The molecule has 1 aliphatic carbocycles. The van der Waals surface area contributed by atoms with E-state index >= 15 is 0 Å². The zero-order chi connectivity index (χ0) is 24.7. The molecule has 0 spiro atoms. The van der Waals surface area contributed by atoms with Crippen molar-refractivity contribution < 1.29 is 9.18 Å². The van der Waals surface area contributed by atoms with Crippen LogP contribution in [0.5, 0.6) is 0 Å². The topological polar surface area (TPSA) is 108 Å². The lowest BCUT2D eigenvalue weighted by Crippen LogP contribution is -2.41. The first-order valence-corrected chi connectivity index (χ1v) is 12.6. The standard InChI is InChI=1S/C19H24BrFN6O.C5H11N/c1-10(2)24-18(28)12-4-3-5-16(12)26-17-13(20)9-23-19(27-17)25-11-6-7-15(22)14(21)8-11;1-6-4-2-3-5-6/h6-10,12,16H,3-5,22H2,1-2H3,(H,24,28)(H2,23,25,26,27);2-5H2,1H3/t12-,16+;/m0./s1. The average Bonchev–Trinajstić information content (AvgIpc) is 3.45. The van der Waals surface area contributed by atoms with E-state index in [1.807, 2.05) is 13.8 Å². The van der Waals surface area contributed by atoms with Crippen LogP contribution in [0.2, 0.25) is 0 Å². The van der Waals surface area contributed by atoms with E-state index in [1.165, 1.54) is 38.1 Å². The number of amides is 1. The zero-order valence-corrected chi connectivity index (χ0v) is 21.7. The predicted octanol–water partition coefficient (Wildman–Crippen LogP) is 4.52. The molecule has 1 saturated carbocycles. The van der Waals surface area contributed by atoms with E-state index in [0.29, 0.717) is 21.9 Å². The molecule has 186 valence electrons. The van der Waals surface area contributed by atoms with Crippen molar-refractivity contribution in [1.82, 2.24) is 20.2 Å². The van der Waals surface area contributed by atoms with Crippen LogP contribution < -0.4 is 21.7 Å². The minimum absolute atomic E-state index is 0.00762. The van der Waals surface area contributed by atoms with Crippen LogP contribution in [0.1, 0.15) is 46.0 Å². The minimum Gasteiger partial charge on any atom is -0.396 e. The summed E-state index contributed by atoms with van der Waals surface area (Å²) < 4.78 is 14.3. The normalized spacial score (nSPS) is 20.1. The molecule has 34 heavy (non-hydrogen) atoms. The highest BCUT2D eigenvalue weighted by molar-refractivity contribution is 9.10. The fraction of sp³-hybridized carbons (Fsp3) is 0.542. The first-order chi connectivity index (χ1) is 16.2. The molecule has 0 bridgehead atoms. The van der Waals surface area contributed by atoms with E-state index in [4.69, 9.17) is 5.73 Å². The average molecular weight is 536 g/mol. The van der Waals surface area contributed by atoms with Crippen LogP contribution in [0.25, 0.3) is 0 Å². The van der Waals surface area contributed by atoms with Crippen LogP contribution in [-0.4, -0.2) is 53.0 Å². The van der Waals surface area contributed by atoms with E-state index in [1.54, 1.807) is 12.3 Å².